The first-order valence-corrected chi connectivity index (χ1v) is 11.6. The highest BCUT2D eigenvalue weighted by molar-refractivity contribution is 5.88. The minimum absolute atomic E-state index is 0.326. The van der Waals surface area contributed by atoms with Crippen LogP contribution in [0.1, 0.15) is 17.1 Å². The van der Waals surface area contributed by atoms with Crippen molar-refractivity contribution < 1.29 is 4.74 Å². The van der Waals surface area contributed by atoms with Crippen molar-refractivity contribution in [3.63, 3.8) is 0 Å². The molecule has 2 N–H and O–H groups in total. The van der Waals surface area contributed by atoms with Crippen LogP contribution in [-0.4, -0.2) is 59.2 Å². The molecular weight excluding hydrogens is 428 g/mol. The van der Waals surface area contributed by atoms with E-state index in [1.165, 1.54) is 11.1 Å². The molecule has 172 valence electrons. The van der Waals surface area contributed by atoms with Crippen LogP contribution < -0.4 is 20.3 Å². The summed E-state index contributed by atoms with van der Waals surface area (Å²) in [5, 5.41) is 6.86. The minimum atomic E-state index is 0.326. The summed E-state index contributed by atoms with van der Waals surface area (Å²) >= 11 is 0. The lowest BCUT2D eigenvalue weighted by Crippen LogP contribution is -2.33. The van der Waals surface area contributed by atoms with E-state index in [9.17, 15) is 0 Å². The Bertz CT molecular complexity index is 1270. The van der Waals surface area contributed by atoms with E-state index >= 15 is 0 Å². The van der Waals surface area contributed by atoms with E-state index in [0.29, 0.717) is 42.0 Å². The lowest BCUT2D eigenvalue weighted by Gasteiger charge is -2.24. The van der Waals surface area contributed by atoms with Crippen LogP contribution in [0.25, 0.3) is 16.0 Å². The molecule has 0 bridgehead atoms. The van der Waals surface area contributed by atoms with Gasteiger partial charge in [0.1, 0.15) is 11.6 Å². The predicted octanol–water partition coefficient (Wildman–Crippen LogP) is 2.92. The molecule has 0 radical (unpaired) electrons. The fourth-order valence-electron chi connectivity index (χ4n) is 5.39. The van der Waals surface area contributed by atoms with Crippen LogP contribution in [-0.2, 0) is 6.42 Å². The number of aryl methyl sites for hydroxylation is 1. The number of anilines is 2. The second kappa shape index (κ2) is 8.22. The first-order chi connectivity index (χ1) is 16.7. The van der Waals surface area contributed by atoms with Crippen molar-refractivity contribution in [3.8, 4) is 22.9 Å². The highest BCUT2D eigenvalue weighted by atomic mass is 16.5. The first kappa shape index (κ1) is 20.8. The van der Waals surface area contributed by atoms with Gasteiger partial charge in [0.2, 0.25) is 6.54 Å². The Labute approximate surface area is 198 Å². The van der Waals surface area contributed by atoms with Crippen LogP contribution >= 0.6 is 0 Å². The molecule has 1 saturated heterocycles. The van der Waals surface area contributed by atoms with E-state index in [2.05, 4.69) is 48.5 Å². The number of piperidine rings is 1. The zero-order chi connectivity index (χ0) is 23.2. The second-order valence-electron chi connectivity index (χ2n) is 9.07. The van der Waals surface area contributed by atoms with Crippen molar-refractivity contribution in [2.45, 2.75) is 19.4 Å². The molecule has 9 heteroatoms. The molecule has 1 aliphatic heterocycles. The topological polar surface area (TPSA) is 92.5 Å². The summed E-state index contributed by atoms with van der Waals surface area (Å²) < 4.78 is 6.01. The van der Waals surface area contributed by atoms with Crippen LogP contribution in [0.4, 0.5) is 11.5 Å². The van der Waals surface area contributed by atoms with Gasteiger partial charge in [-0.2, -0.15) is 9.97 Å². The van der Waals surface area contributed by atoms with Crippen molar-refractivity contribution in [1.29, 1.82) is 0 Å². The molecule has 0 spiro atoms. The Morgan fingerprint density at radius 3 is 2.71 bits per heavy atom. The minimum Gasteiger partial charge on any atom is -0.421 e. The fourth-order valence-corrected chi connectivity index (χ4v) is 5.39. The van der Waals surface area contributed by atoms with Gasteiger partial charge in [-0.15, -0.1) is 0 Å². The second-order valence-corrected chi connectivity index (χ2v) is 9.07. The van der Waals surface area contributed by atoms with Gasteiger partial charge in [0.05, 0.1) is 24.6 Å². The summed E-state index contributed by atoms with van der Waals surface area (Å²) in [6, 6.07) is 7.18. The highest BCUT2D eigenvalue weighted by Gasteiger charge is 2.56. The Balaban J connectivity index is 1.33. The molecule has 3 aliphatic rings. The molecule has 6 rings (SSSR count). The predicted molar refractivity (Wildman–Crippen MR) is 129 cm³/mol. The maximum Gasteiger partial charge on any atom is 0.324 e. The number of ether oxygens (including phenoxy) is 1. The van der Waals surface area contributed by atoms with Crippen molar-refractivity contribution >= 4 is 11.5 Å². The Morgan fingerprint density at radius 1 is 1.18 bits per heavy atom. The largest absolute Gasteiger partial charge is 0.421 e. The molecule has 3 aromatic rings. The quantitative estimate of drug-likeness (QED) is 0.325. The summed E-state index contributed by atoms with van der Waals surface area (Å²) in [6.45, 7) is 12.0. The molecule has 2 aliphatic carbocycles. The lowest BCUT2D eigenvalue weighted by atomic mass is 10.1. The standard InChI is InChI=1S/C25H26N8O/c1-14-29-10-15(11-30-14)34-25-31-21-9-17-16(5-4-6-20(17)27-3)22(21)24(32-25)33-12-18-19(13-33)23(18)28-8-7-26-2/h4-6,10-11,18-19,23,27-28H,7-9,12-13H2,1,3H3. The highest BCUT2D eigenvalue weighted by Crippen LogP contribution is 2.50. The van der Waals surface area contributed by atoms with Crippen LogP contribution in [0, 0.1) is 25.3 Å². The first-order valence-electron chi connectivity index (χ1n) is 11.6. The van der Waals surface area contributed by atoms with Gasteiger partial charge in [-0.1, -0.05) is 12.1 Å². The Hall–Kier alpha value is -3.77. The smallest absolute Gasteiger partial charge is 0.324 e. The maximum atomic E-state index is 6.98. The molecule has 9 nitrogen and oxygen atoms in total. The monoisotopic (exact) mass is 454 g/mol. The zero-order valence-electron chi connectivity index (χ0n) is 19.2. The zero-order valence-corrected chi connectivity index (χ0v) is 19.2. The third-order valence-electron chi connectivity index (χ3n) is 7.07. The third kappa shape index (κ3) is 3.51. The summed E-state index contributed by atoms with van der Waals surface area (Å²) in [6.07, 6.45) is 4.03. The molecule has 34 heavy (non-hydrogen) atoms. The number of fused-ring (bicyclic) bond motifs is 4. The van der Waals surface area contributed by atoms with E-state index in [4.69, 9.17) is 21.3 Å². The molecule has 2 unspecified atom stereocenters. The van der Waals surface area contributed by atoms with E-state index in [1.54, 1.807) is 12.4 Å². The van der Waals surface area contributed by atoms with E-state index in [1.807, 2.05) is 14.0 Å². The van der Waals surface area contributed by atoms with Crippen molar-refractivity contribution in [2.24, 2.45) is 11.8 Å². The van der Waals surface area contributed by atoms with Gasteiger partial charge in [-0.3, -0.25) is 0 Å². The summed E-state index contributed by atoms with van der Waals surface area (Å²) in [5.41, 5.74) is 5.64. The van der Waals surface area contributed by atoms with Crippen LogP contribution in [0.2, 0.25) is 0 Å². The summed E-state index contributed by atoms with van der Waals surface area (Å²) in [4.78, 5) is 24.0. The summed E-state index contributed by atoms with van der Waals surface area (Å²) in [7, 11) is 1.95. The lowest BCUT2D eigenvalue weighted by molar-refractivity contribution is 0.435. The molecule has 0 amide bonds. The Kier molecular flexibility index (Phi) is 5.03. The van der Waals surface area contributed by atoms with Crippen molar-refractivity contribution in [2.75, 3.05) is 43.4 Å². The molecule has 2 atom stereocenters. The molecule has 2 aromatic heterocycles. The van der Waals surface area contributed by atoms with Gasteiger partial charge >= 0.3 is 6.01 Å². The third-order valence-corrected chi connectivity index (χ3v) is 7.07. The molecule has 1 saturated carbocycles. The van der Waals surface area contributed by atoms with Gasteiger partial charge in [-0.05, 0) is 36.0 Å². The van der Waals surface area contributed by atoms with Gasteiger partial charge in [0, 0.05) is 43.9 Å². The fraction of sp³-hybridized carbons (Fsp3) is 0.400. The van der Waals surface area contributed by atoms with Gasteiger partial charge < -0.3 is 25.1 Å². The molecule has 2 fully saturated rings. The van der Waals surface area contributed by atoms with Gasteiger partial charge in [0.25, 0.3) is 0 Å². The molecular formula is C25H26N8O. The molecule has 1 aromatic carbocycles. The maximum absolute atomic E-state index is 6.98. The number of hydrogen-bond acceptors (Lipinski definition) is 8. The van der Waals surface area contributed by atoms with E-state index in [-0.39, 0.29) is 0 Å². The van der Waals surface area contributed by atoms with Crippen LogP contribution in [0.15, 0.2) is 30.6 Å². The Morgan fingerprint density at radius 2 is 1.97 bits per heavy atom. The van der Waals surface area contributed by atoms with Crippen LogP contribution in [0.3, 0.4) is 0 Å². The SMILES string of the molecule is [C-]#[N+]CCNC1C2CN(c3nc(Oc4cnc(C)nc4)nc4c3-c3cccc(NC)c3C4)CC21. The number of aromatic nitrogens is 4. The molecule has 3 heterocycles. The number of hydrogen-bond donors (Lipinski definition) is 2. The van der Waals surface area contributed by atoms with Gasteiger partial charge in [-0.25, -0.2) is 16.5 Å². The van der Waals surface area contributed by atoms with Gasteiger partial charge in [0.15, 0.2) is 5.75 Å². The average molecular weight is 455 g/mol. The normalized spacial score (nSPS) is 21.4. The number of benzene rings is 1. The van der Waals surface area contributed by atoms with Crippen molar-refractivity contribution in [3.05, 3.63) is 59.1 Å². The number of rotatable bonds is 7. The van der Waals surface area contributed by atoms with Crippen molar-refractivity contribution in [1.82, 2.24) is 25.3 Å². The number of nitrogens with zero attached hydrogens (tertiary/aromatic N) is 6. The number of nitrogens with one attached hydrogen (secondary N) is 2. The summed E-state index contributed by atoms with van der Waals surface area (Å²) in [5.74, 6) is 3.34. The van der Waals surface area contributed by atoms with E-state index < -0.39 is 0 Å². The average Bonchev–Trinajstić information content (AvgIpc) is 3.17. The van der Waals surface area contributed by atoms with E-state index in [0.717, 1.165) is 48.8 Å². The van der Waals surface area contributed by atoms with Crippen LogP contribution in [0.5, 0.6) is 11.8 Å².